The SMILES string of the molecule is CN(Cc1ccc(Br)cc1)C(=O)CCCn1cnc2c1c(=O)n(C)c(=O)n2C. The summed E-state index contributed by atoms with van der Waals surface area (Å²) < 4.78 is 5.13. The molecule has 0 aliphatic heterocycles. The van der Waals surface area contributed by atoms with E-state index in [9.17, 15) is 14.4 Å². The van der Waals surface area contributed by atoms with Crippen LogP contribution in [0.5, 0.6) is 0 Å². The normalized spacial score (nSPS) is 11.1. The third-order valence-electron chi connectivity index (χ3n) is 4.77. The highest BCUT2D eigenvalue weighted by atomic mass is 79.9. The fourth-order valence-corrected chi connectivity index (χ4v) is 3.37. The Morgan fingerprint density at radius 3 is 2.50 bits per heavy atom. The lowest BCUT2D eigenvalue weighted by Crippen LogP contribution is -2.37. The van der Waals surface area contributed by atoms with Crippen LogP contribution >= 0.6 is 15.9 Å². The summed E-state index contributed by atoms with van der Waals surface area (Å²) in [6, 6.07) is 7.86. The molecule has 0 fully saturated rings. The van der Waals surface area contributed by atoms with E-state index in [1.165, 1.54) is 11.6 Å². The van der Waals surface area contributed by atoms with Crippen molar-refractivity contribution in [1.82, 2.24) is 23.6 Å². The number of rotatable bonds is 6. The first-order valence-electron chi connectivity index (χ1n) is 8.89. The topological polar surface area (TPSA) is 82.1 Å². The maximum Gasteiger partial charge on any atom is 0.332 e. The van der Waals surface area contributed by atoms with E-state index in [0.29, 0.717) is 37.1 Å². The van der Waals surface area contributed by atoms with Crippen LogP contribution in [0.4, 0.5) is 0 Å². The summed E-state index contributed by atoms with van der Waals surface area (Å²) in [5.41, 5.74) is 0.998. The van der Waals surface area contributed by atoms with Crippen molar-refractivity contribution in [3.63, 3.8) is 0 Å². The second-order valence-electron chi connectivity index (χ2n) is 6.80. The lowest BCUT2D eigenvalue weighted by atomic mass is 10.2. The minimum absolute atomic E-state index is 0.0349. The van der Waals surface area contributed by atoms with Crippen LogP contribution in [-0.2, 0) is 32.0 Å². The molecule has 2 aromatic heterocycles. The van der Waals surface area contributed by atoms with E-state index >= 15 is 0 Å². The van der Waals surface area contributed by atoms with E-state index < -0.39 is 5.69 Å². The van der Waals surface area contributed by atoms with Gasteiger partial charge in [0.2, 0.25) is 5.91 Å². The summed E-state index contributed by atoms with van der Waals surface area (Å²) in [5, 5.41) is 0. The number of fused-ring (bicyclic) bond motifs is 1. The van der Waals surface area contributed by atoms with E-state index in [0.717, 1.165) is 14.6 Å². The van der Waals surface area contributed by atoms with Crippen LogP contribution in [0.25, 0.3) is 11.2 Å². The van der Waals surface area contributed by atoms with Gasteiger partial charge >= 0.3 is 5.69 Å². The molecule has 0 N–H and O–H groups in total. The van der Waals surface area contributed by atoms with Crippen LogP contribution in [-0.4, -0.2) is 36.5 Å². The number of carbonyl (C=O) groups is 1. The molecule has 2 heterocycles. The monoisotopic (exact) mass is 447 g/mol. The highest BCUT2D eigenvalue weighted by Gasteiger charge is 2.15. The van der Waals surface area contributed by atoms with Gasteiger partial charge in [-0.15, -0.1) is 0 Å². The summed E-state index contributed by atoms with van der Waals surface area (Å²) in [5.74, 6) is 0.0349. The summed E-state index contributed by atoms with van der Waals surface area (Å²) in [7, 11) is 4.81. The van der Waals surface area contributed by atoms with Gasteiger partial charge in [-0.05, 0) is 24.1 Å². The number of hydrogen-bond donors (Lipinski definition) is 0. The number of amides is 1. The van der Waals surface area contributed by atoms with Crippen LogP contribution in [0.1, 0.15) is 18.4 Å². The molecule has 0 saturated carbocycles. The zero-order valence-corrected chi connectivity index (χ0v) is 17.6. The minimum Gasteiger partial charge on any atom is -0.341 e. The molecular weight excluding hydrogens is 426 g/mol. The second-order valence-corrected chi connectivity index (χ2v) is 7.71. The average molecular weight is 448 g/mol. The zero-order chi connectivity index (χ0) is 20.4. The molecule has 3 rings (SSSR count). The van der Waals surface area contributed by atoms with E-state index in [1.54, 1.807) is 29.9 Å². The van der Waals surface area contributed by atoms with E-state index in [2.05, 4.69) is 20.9 Å². The number of aromatic nitrogens is 4. The van der Waals surface area contributed by atoms with Crippen molar-refractivity contribution in [2.45, 2.75) is 25.9 Å². The Hall–Kier alpha value is -2.68. The highest BCUT2D eigenvalue weighted by molar-refractivity contribution is 9.10. The summed E-state index contributed by atoms with van der Waals surface area (Å²) in [4.78, 5) is 42.7. The molecule has 148 valence electrons. The fraction of sp³-hybridized carbons (Fsp3) is 0.368. The third-order valence-corrected chi connectivity index (χ3v) is 5.29. The first-order valence-corrected chi connectivity index (χ1v) is 9.68. The molecule has 9 heteroatoms. The van der Waals surface area contributed by atoms with Crippen molar-refractivity contribution in [1.29, 1.82) is 0 Å². The minimum atomic E-state index is -0.410. The van der Waals surface area contributed by atoms with Crippen LogP contribution in [0.2, 0.25) is 0 Å². The molecule has 0 radical (unpaired) electrons. The lowest BCUT2D eigenvalue weighted by molar-refractivity contribution is -0.130. The largest absolute Gasteiger partial charge is 0.341 e. The second kappa shape index (κ2) is 8.14. The maximum atomic E-state index is 12.4. The Morgan fingerprint density at radius 1 is 1.14 bits per heavy atom. The predicted molar refractivity (Wildman–Crippen MR) is 110 cm³/mol. The first kappa shape index (κ1) is 20.1. The number of carbonyl (C=O) groups excluding carboxylic acids is 1. The van der Waals surface area contributed by atoms with E-state index in [-0.39, 0.29) is 11.5 Å². The number of hydrogen-bond acceptors (Lipinski definition) is 4. The molecule has 0 unspecified atom stereocenters. The Kier molecular flexibility index (Phi) is 5.83. The Morgan fingerprint density at radius 2 is 1.82 bits per heavy atom. The van der Waals surface area contributed by atoms with Crippen LogP contribution in [0.15, 0.2) is 44.7 Å². The van der Waals surface area contributed by atoms with Crippen molar-refractivity contribution in [3.8, 4) is 0 Å². The standard InChI is InChI=1S/C19H22BrN5O3/c1-22(11-13-6-8-14(20)9-7-13)15(26)5-4-10-25-12-21-17-16(25)18(27)24(3)19(28)23(17)2/h6-9,12H,4-5,10-11H2,1-3H3. The molecule has 0 atom stereocenters. The van der Waals surface area contributed by atoms with Crippen LogP contribution in [0.3, 0.4) is 0 Å². The summed E-state index contributed by atoms with van der Waals surface area (Å²) >= 11 is 3.40. The van der Waals surface area contributed by atoms with Gasteiger partial charge in [-0.3, -0.25) is 18.7 Å². The molecule has 8 nitrogen and oxygen atoms in total. The molecule has 0 bridgehead atoms. The van der Waals surface area contributed by atoms with Crippen LogP contribution in [0, 0.1) is 0 Å². The van der Waals surface area contributed by atoms with Crippen molar-refractivity contribution >= 4 is 33.0 Å². The zero-order valence-electron chi connectivity index (χ0n) is 16.1. The smallest absolute Gasteiger partial charge is 0.332 e. The number of imidazole rings is 1. The predicted octanol–water partition coefficient (Wildman–Crippen LogP) is 1.63. The Labute approximate surface area is 170 Å². The van der Waals surface area contributed by atoms with Gasteiger partial charge in [0, 0.05) is 45.1 Å². The number of aryl methyl sites for hydroxylation is 2. The number of halogens is 1. The van der Waals surface area contributed by atoms with E-state index in [4.69, 9.17) is 0 Å². The summed E-state index contributed by atoms with van der Waals surface area (Å²) in [6.45, 7) is 1.02. The van der Waals surface area contributed by atoms with Crippen molar-refractivity contribution in [2.75, 3.05) is 7.05 Å². The number of nitrogens with zero attached hydrogens (tertiary/aromatic N) is 5. The highest BCUT2D eigenvalue weighted by Crippen LogP contribution is 2.13. The van der Waals surface area contributed by atoms with Gasteiger partial charge in [-0.1, -0.05) is 28.1 Å². The van der Waals surface area contributed by atoms with Crippen molar-refractivity contribution in [2.24, 2.45) is 14.1 Å². The van der Waals surface area contributed by atoms with E-state index in [1.807, 2.05) is 24.3 Å². The van der Waals surface area contributed by atoms with Gasteiger partial charge in [0.25, 0.3) is 5.56 Å². The Bertz CT molecular complexity index is 1130. The third kappa shape index (κ3) is 3.94. The van der Waals surface area contributed by atoms with Gasteiger partial charge in [-0.25, -0.2) is 9.78 Å². The quantitative estimate of drug-likeness (QED) is 0.574. The molecule has 0 aliphatic carbocycles. The van der Waals surface area contributed by atoms with Gasteiger partial charge in [-0.2, -0.15) is 0 Å². The molecule has 0 aliphatic rings. The molecule has 0 spiro atoms. The molecule has 1 amide bonds. The van der Waals surface area contributed by atoms with Crippen LogP contribution < -0.4 is 11.2 Å². The number of benzene rings is 1. The van der Waals surface area contributed by atoms with Gasteiger partial charge in [0.1, 0.15) is 0 Å². The molecule has 0 saturated heterocycles. The maximum absolute atomic E-state index is 12.4. The molecule has 28 heavy (non-hydrogen) atoms. The molecule has 1 aromatic carbocycles. The molecular formula is C19H22BrN5O3. The van der Waals surface area contributed by atoms with Gasteiger partial charge in [0.15, 0.2) is 11.2 Å². The van der Waals surface area contributed by atoms with Crippen molar-refractivity contribution in [3.05, 3.63) is 61.5 Å². The average Bonchev–Trinajstić information content (AvgIpc) is 3.10. The first-order chi connectivity index (χ1) is 13.3. The van der Waals surface area contributed by atoms with Gasteiger partial charge < -0.3 is 9.47 Å². The van der Waals surface area contributed by atoms with Crippen molar-refractivity contribution < 1.29 is 4.79 Å². The molecule has 3 aromatic rings. The fourth-order valence-electron chi connectivity index (χ4n) is 3.11. The van der Waals surface area contributed by atoms with Gasteiger partial charge in [0.05, 0.1) is 6.33 Å². The lowest BCUT2D eigenvalue weighted by Gasteiger charge is -2.17. The Balaban J connectivity index is 1.65. The summed E-state index contributed by atoms with van der Waals surface area (Å²) in [6.07, 6.45) is 2.47.